The first-order chi connectivity index (χ1) is 23.0. The predicted octanol–water partition coefficient (Wildman–Crippen LogP) is 5.34. The van der Waals surface area contributed by atoms with Crippen molar-refractivity contribution in [3.05, 3.63) is 64.5 Å². The van der Waals surface area contributed by atoms with Gasteiger partial charge in [-0.05, 0) is 84.2 Å². The lowest BCUT2D eigenvalue weighted by molar-refractivity contribution is -0.121. The largest absolute Gasteiger partial charge is 0.444 e. The summed E-state index contributed by atoms with van der Waals surface area (Å²) >= 11 is 0. The number of pyridine rings is 1. The van der Waals surface area contributed by atoms with Crippen LogP contribution in [0.2, 0.25) is 0 Å². The van der Waals surface area contributed by atoms with E-state index in [9.17, 15) is 14.0 Å². The van der Waals surface area contributed by atoms with E-state index < -0.39 is 5.60 Å². The van der Waals surface area contributed by atoms with Crippen LogP contribution in [0, 0.1) is 19.7 Å². The summed E-state index contributed by atoms with van der Waals surface area (Å²) in [5, 5.41) is 0. The maximum absolute atomic E-state index is 14.6. The first-order valence-corrected chi connectivity index (χ1v) is 17.6. The molecule has 0 N–H and O–H groups in total. The molecule has 2 saturated heterocycles. The fourth-order valence-corrected chi connectivity index (χ4v) is 7.94. The molecule has 0 saturated carbocycles. The van der Waals surface area contributed by atoms with Gasteiger partial charge < -0.3 is 19.3 Å². The van der Waals surface area contributed by atoms with Crippen LogP contribution in [0.3, 0.4) is 0 Å². The van der Waals surface area contributed by atoms with Crippen LogP contribution >= 0.6 is 0 Å². The third-order valence-electron chi connectivity index (χ3n) is 10.3. The number of aryl methyl sites for hydroxylation is 2. The number of morpholine rings is 1. The van der Waals surface area contributed by atoms with Gasteiger partial charge >= 0.3 is 6.09 Å². The summed E-state index contributed by atoms with van der Waals surface area (Å²) < 4.78 is 27.5. The molecule has 3 aliphatic heterocycles. The Morgan fingerprint density at radius 2 is 1.78 bits per heavy atom. The third-order valence-corrected chi connectivity index (χ3v) is 10.3. The summed E-state index contributed by atoms with van der Waals surface area (Å²) in [6.45, 7) is 23.0. The Kier molecular flexibility index (Phi) is 9.58. The van der Waals surface area contributed by atoms with Gasteiger partial charge in [-0.15, -0.1) is 0 Å². The number of carbonyl (C=O) groups excluding carboxylic acids is 2. The van der Waals surface area contributed by atoms with Gasteiger partial charge in [0.1, 0.15) is 17.2 Å². The van der Waals surface area contributed by atoms with Gasteiger partial charge in [0, 0.05) is 56.3 Å². The van der Waals surface area contributed by atoms with Gasteiger partial charge in [0.2, 0.25) is 5.91 Å². The van der Waals surface area contributed by atoms with E-state index in [1.165, 1.54) is 12.1 Å². The Hall–Kier alpha value is -3.54. The van der Waals surface area contributed by atoms with Crippen molar-refractivity contribution in [3.8, 4) is 0 Å². The molecule has 0 unspecified atom stereocenters. The number of imidazole rings is 1. The topological polar surface area (TPSA) is 82.9 Å². The van der Waals surface area contributed by atoms with E-state index in [-0.39, 0.29) is 47.9 Å². The molecule has 3 aliphatic rings. The van der Waals surface area contributed by atoms with E-state index in [1.54, 1.807) is 0 Å². The maximum Gasteiger partial charge on any atom is 0.410 e. The average Bonchev–Trinajstić information content (AvgIpc) is 3.46. The molecule has 10 nitrogen and oxygen atoms in total. The molecule has 1 aromatic carbocycles. The van der Waals surface area contributed by atoms with E-state index in [4.69, 9.17) is 14.5 Å². The maximum atomic E-state index is 14.6. The summed E-state index contributed by atoms with van der Waals surface area (Å²) in [6.07, 6.45) is 0.278. The van der Waals surface area contributed by atoms with Crippen LogP contribution < -0.4 is 4.90 Å². The van der Waals surface area contributed by atoms with Gasteiger partial charge in [-0.2, -0.15) is 0 Å². The number of piperazine rings is 1. The Morgan fingerprint density at radius 1 is 1.06 bits per heavy atom. The number of hydrogen-bond acceptors (Lipinski definition) is 7. The van der Waals surface area contributed by atoms with E-state index in [2.05, 4.69) is 41.0 Å². The minimum absolute atomic E-state index is 0.0336. The Bertz CT molecular complexity index is 1710. The van der Waals surface area contributed by atoms with Crippen LogP contribution in [0.4, 0.5) is 14.9 Å². The lowest BCUT2D eigenvalue weighted by Gasteiger charge is -2.47. The number of anilines is 1. The normalized spacial score (nSPS) is 23.3. The molecule has 5 heterocycles. The zero-order valence-electron chi connectivity index (χ0n) is 30.7. The van der Waals surface area contributed by atoms with E-state index in [0.29, 0.717) is 39.3 Å². The fraction of sp³-hybridized carbons (Fsp3) is 0.605. The number of carbonyl (C=O) groups is 2. The smallest absolute Gasteiger partial charge is 0.410 e. The van der Waals surface area contributed by atoms with Gasteiger partial charge in [-0.3, -0.25) is 19.0 Å². The Morgan fingerprint density at radius 3 is 2.45 bits per heavy atom. The molecule has 0 bridgehead atoms. The van der Waals surface area contributed by atoms with Crippen LogP contribution in [0.25, 0.3) is 5.52 Å². The van der Waals surface area contributed by atoms with Gasteiger partial charge in [-0.1, -0.05) is 26.0 Å². The lowest BCUT2D eigenvalue weighted by Crippen LogP contribution is -2.64. The molecular weight excluding hydrogens is 623 g/mol. The van der Waals surface area contributed by atoms with Gasteiger partial charge in [0.25, 0.3) is 0 Å². The summed E-state index contributed by atoms with van der Waals surface area (Å²) in [7, 11) is 0. The number of benzene rings is 1. The number of halogens is 1. The number of ether oxygens (including phenoxy) is 2. The highest BCUT2D eigenvalue weighted by Crippen LogP contribution is 2.43. The standard InChI is InChI=1S/C38H53FN6O4/c1-24-18-42(31(19-41-14-15-48-22-25(41)2)20-43(24)36(47)49-37(5,6)7)21-33(46)44-23-38(8,9)35-32(44)17-29(16-28-10-12-30(39)13-11-28)34-26(3)40-27(4)45(34)35/h10-13,17,24-25,31H,14-16,18-23H2,1-9H3/t24-,25-,31+/m1/s1. The van der Waals surface area contributed by atoms with E-state index in [0.717, 1.165) is 52.6 Å². The number of nitrogens with zero attached hydrogens (tertiary/aromatic N) is 6. The molecule has 6 rings (SSSR count). The van der Waals surface area contributed by atoms with Crippen LogP contribution in [0.15, 0.2) is 30.3 Å². The molecule has 49 heavy (non-hydrogen) atoms. The Balaban J connectivity index is 1.32. The number of aromatic nitrogens is 2. The number of amides is 2. The monoisotopic (exact) mass is 676 g/mol. The number of fused-ring (bicyclic) bond motifs is 3. The van der Waals surface area contributed by atoms with Crippen molar-refractivity contribution < 1.29 is 23.5 Å². The highest BCUT2D eigenvalue weighted by Gasteiger charge is 2.44. The number of hydrogen-bond donors (Lipinski definition) is 0. The molecule has 3 atom stereocenters. The van der Waals surface area contributed by atoms with E-state index >= 15 is 0 Å². The van der Waals surface area contributed by atoms with Crippen molar-refractivity contribution in [1.82, 2.24) is 24.1 Å². The summed E-state index contributed by atoms with van der Waals surface area (Å²) in [4.78, 5) is 41.3. The second kappa shape index (κ2) is 13.3. The van der Waals surface area contributed by atoms with Gasteiger partial charge in [-0.25, -0.2) is 14.2 Å². The van der Waals surface area contributed by atoms with Crippen molar-refractivity contribution >= 4 is 23.2 Å². The highest BCUT2D eigenvalue weighted by atomic mass is 19.1. The second-order valence-corrected chi connectivity index (χ2v) is 16.0. The molecule has 2 amide bonds. The van der Waals surface area contributed by atoms with Crippen molar-refractivity contribution in [3.63, 3.8) is 0 Å². The van der Waals surface area contributed by atoms with Crippen LogP contribution in [-0.4, -0.2) is 112 Å². The minimum atomic E-state index is -0.596. The zero-order valence-corrected chi connectivity index (χ0v) is 30.7. The van der Waals surface area contributed by atoms with Crippen molar-refractivity contribution in [1.29, 1.82) is 0 Å². The van der Waals surface area contributed by atoms with E-state index in [1.807, 2.05) is 63.5 Å². The van der Waals surface area contributed by atoms with Crippen LogP contribution in [0.5, 0.6) is 0 Å². The van der Waals surface area contributed by atoms with Crippen molar-refractivity contribution in [2.45, 2.75) is 97.9 Å². The number of rotatable bonds is 6. The minimum Gasteiger partial charge on any atom is -0.444 e. The average molecular weight is 677 g/mol. The SMILES string of the molecule is Cc1nc(C)n2c3c(cc(Cc4ccc(F)cc4)c12)N(C(=O)CN1C[C@@H](C)N(C(=O)OC(C)(C)C)C[C@@H]1CN1CCOC[C@H]1C)CC3(C)C. The molecule has 3 aromatic rings. The molecule has 2 fully saturated rings. The summed E-state index contributed by atoms with van der Waals surface area (Å²) in [5.74, 6) is 0.658. The zero-order chi connectivity index (χ0) is 35.4. The Labute approximate surface area is 290 Å². The quantitative estimate of drug-likeness (QED) is 0.349. The molecular formula is C38H53FN6O4. The first-order valence-electron chi connectivity index (χ1n) is 17.6. The third kappa shape index (κ3) is 7.21. The second-order valence-electron chi connectivity index (χ2n) is 16.0. The molecule has 11 heteroatoms. The summed E-state index contributed by atoms with van der Waals surface area (Å²) in [6, 6.07) is 8.84. The summed E-state index contributed by atoms with van der Waals surface area (Å²) in [5.41, 5.74) is 5.11. The fourth-order valence-electron chi connectivity index (χ4n) is 7.94. The molecule has 266 valence electrons. The predicted molar refractivity (Wildman–Crippen MR) is 189 cm³/mol. The first kappa shape index (κ1) is 35.3. The van der Waals surface area contributed by atoms with Crippen molar-refractivity contribution in [2.24, 2.45) is 0 Å². The molecule has 2 aromatic heterocycles. The highest BCUT2D eigenvalue weighted by molar-refractivity contribution is 5.98. The van der Waals surface area contributed by atoms with Crippen LogP contribution in [0.1, 0.15) is 76.8 Å². The van der Waals surface area contributed by atoms with Crippen LogP contribution in [-0.2, 0) is 26.1 Å². The molecule has 0 aliphatic carbocycles. The van der Waals surface area contributed by atoms with Crippen molar-refractivity contribution in [2.75, 3.05) is 57.4 Å². The lowest BCUT2D eigenvalue weighted by atomic mass is 9.90. The molecule has 0 spiro atoms. The molecule has 0 radical (unpaired) electrons. The van der Waals surface area contributed by atoms with Gasteiger partial charge in [0.15, 0.2) is 0 Å². The van der Waals surface area contributed by atoms with Gasteiger partial charge in [0.05, 0.1) is 42.4 Å².